The van der Waals surface area contributed by atoms with E-state index in [1.807, 2.05) is 24.5 Å². The van der Waals surface area contributed by atoms with Gasteiger partial charge in [0.05, 0.1) is 0 Å². The van der Waals surface area contributed by atoms with E-state index in [-0.39, 0.29) is 0 Å². The summed E-state index contributed by atoms with van der Waals surface area (Å²) in [6.45, 7) is 0. The van der Waals surface area contributed by atoms with Crippen LogP contribution in [0.15, 0.2) is 207 Å². The van der Waals surface area contributed by atoms with Crippen LogP contribution in [0.4, 0.5) is 0 Å². The molecule has 0 fully saturated rings. The van der Waals surface area contributed by atoms with Gasteiger partial charge in [-0.15, -0.1) is 0 Å². The zero-order valence-electron chi connectivity index (χ0n) is 30.4. The first kappa shape index (κ1) is 33.0. The van der Waals surface area contributed by atoms with Crippen molar-refractivity contribution in [3.63, 3.8) is 0 Å². The third-order valence-corrected chi connectivity index (χ3v) is 10.5. The maximum absolute atomic E-state index is 5.03. The molecule has 10 rings (SSSR count). The molecule has 0 saturated carbocycles. The molecule has 0 aliphatic heterocycles. The van der Waals surface area contributed by atoms with Gasteiger partial charge in [-0.1, -0.05) is 182 Å². The molecule has 0 bridgehead atoms. The summed E-state index contributed by atoms with van der Waals surface area (Å²) < 4.78 is 0. The van der Waals surface area contributed by atoms with Crippen LogP contribution in [0.2, 0.25) is 0 Å². The zero-order valence-corrected chi connectivity index (χ0v) is 30.4. The normalized spacial score (nSPS) is 11.2. The van der Waals surface area contributed by atoms with Crippen LogP contribution < -0.4 is 0 Å². The fourth-order valence-electron chi connectivity index (χ4n) is 7.40. The maximum Gasteiger partial charge on any atom is 0.164 e. The maximum atomic E-state index is 5.03. The van der Waals surface area contributed by atoms with Crippen molar-refractivity contribution in [3.05, 3.63) is 207 Å². The first-order chi connectivity index (χ1) is 27.7. The molecule has 262 valence electrons. The Bertz CT molecular complexity index is 2860. The lowest BCUT2D eigenvalue weighted by Crippen LogP contribution is -2.00. The van der Waals surface area contributed by atoms with Crippen LogP contribution in [-0.4, -0.2) is 19.9 Å². The lowest BCUT2D eigenvalue weighted by molar-refractivity contribution is 1.07. The Morgan fingerprint density at radius 3 is 1.05 bits per heavy atom. The van der Waals surface area contributed by atoms with E-state index in [4.69, 9.17) is 15.0 Å². The van der Waals surface area contributed by atoms with Crippen molar-refractivity contribution >= 4 is 21.5 Å². The van der Waals surface area contributed by atoms with Crippen molar-refractivity contribution in [1.29, 1.82) is 0 Å². The van der Waals surface area contributed by atoms with E-state index in [0.717, 1.165) is 38.9 Å². The summed E-state index contributed by atoms with van der Waals surface area (Å²) in [5, 5.41) is 4.81. The number of nitrogens with zero attached hydrogens (tertiary/aromatic N) is 4. The Morgan fingerprint density at radius 2 is 0.607 bits per heavy atom. The van der Waals surface area contributed by atoms with Crippen LogP contribution in [0, 0.1) is 0 Å². The molecule has 2 aromatic heterocycles. The molecule has 0 radical (unpaired) electrons. The number of hydrogen-bond donors (Lipinski definition) is 0. The first-order valence-electron chi connectivity index (χ1n) is 18.8. The average molecular weight is 715 g/mol. The van der Waals surface area contributed by atoms with E-state index in [2.05, 4.69) is 187 Å². The van der Waals surface area contributed by atoms with Gasteiger partial charge in [0, 0.05) is 34.5 Å². The number of aromatic nitrogens is 4. The topological polar surface area (TPSA) is 51.6 Å². The summed E-state index contributed by atoms with van der Waals surface area (Å²) in [5.74, 6) is 1.90. The fourth-order valence-corrected chi connectivity index (χ4v) is 7.40. The van der Waals surface area contributed by atoms with Gasteiger partial charge in [-0.2, -0.15) is 0 Å². The molecular weight excluding hydrogens is 681 g/mol. The molecular formula is C52H34N4. The monoisotopic (exact) mass is 714 g/mol. The Hall–Kier alpha value is -7.56. The molecule has 2 heterocycles. The fraction of sp³-hybridized carbons (Fsp3) is 0. The molecule has 0 aliphatic rings. The third kappa shape index (κ3) is 6.50. The van der Waals surface area contributed by atoms with E-state index in [1.165, 1.54) is 43.8 Å². The number of pyridine rings is 1. The van der Waals surface area contributed by atoms with Crippen LogP contribution in [0.3, 0.4) is 0 Å². The van der Waals surface area contributed by atoms with Crippen molar-refractivity contribution in [2.45, 2.75) is 0 Å². The second kappa shape index (κ2) is 14.3. The molecule has 0 saturated heterocycles. The molecule has 10 aromatic rings. The highest BCUT2D eigenvalue weighted by atomic mass is 15.0. The highest BCUT2D eigenvalue weighted by molar-refractivity contribution is 6.08. The molecule has 0 aliphatic carbocycles. The zero-order chi connectivity index (χ0) is 37.3. The Labute approximate surface area is 325 Å². The molecule has 0 unspecified atom stereocenters. The number of benzene rings is 8. The predicted molar refractivity (Wildman–Crippen MR) is 231 cm³/mol. The second-order valence-electron chi connectivity index (χ2n) is 13.9. The van der Waals surface area contributed by atoms with Crippen molar-refractivity contribution in [3.8, 4) is 78.7 Å². The van der Waals surface area contributed by atoms with Gasteiger partial charge in [-0.05, 0) is 72.8 Å². The van der Waals surface area contributed by atoms with Crippen LogP contribution in [-0.2, 0) is 0 Å². The van der Waals surface area contributed by atoms with Crippen LogP contribution >= 0.6 is 0 Å². The predicted octanol–water partition coefficient (Wildman–Crippen LogP) is 13.2. The molecule has 0 atom stereocenters. The van der Waals surface area contributed by atoms with Crippen molar-refractivity contribution in [2.24, 2.45) is 0 Å². The Morgan fingerprint density at radius 1 is 0.250 bits per heavy atom. The lowest BCUT2D eigenvalue weighted by Gasteiger charge is -2.11. The molecule has 0 N–H and O–H groups in total. The summed E-state index contributed by atoms with van der Waals surface area (Å²) in [5.41, 5.74) is 12.1. The summed E-state index contributed by atoms with van der Waals surface area (Å²) in [6, 6.07) is 68.0. The number of hydrogen-bond acceptors (Lipinski definition) is 4. The van der Waals surface area contributed by atoms with Gasteiger partial charge < -0.3 is 0 Å². The lowest BCUT2D eigenvalue weighted by atomic mass is 9.96. The molecule has 8 aromatic carbocycles. The molecule has 56 heavy (non-hydrogen) atoms. The summed E-state index contributed by atoms with van der Waals surface area (Å²) in [7, 11) is 0. The standard InChI is InChI=1S/C52H34N4/c1-3-7-35(8-4-1)37-15-22-43(23-16-37)50-54-51(44-24-17-38(18-25-44)36-9-5-2-6-10-36)56-52(55-50)45-26-19-40(20-27-45)39-11-13-41(14-12-39)46-29-30-48-47(33-46)28-21-42-31-32-53-34-49(42)48/h1-34H. The molecule has 4 nitrogen and oxygen atoms in total. The average Bonchev–Trinajstić information content (AvgIpc) is 3.29. The van der Waals surface area contributed by atoms with E-state index >= 15 is 0 Å². The highest BCUT2D eigenvalue weighted by Gasteiger charge is 2.14. The van der Waals surface area contributed by atoms with Gasteiger partial charge in [0.1, 0.15) is 0 Å². The molecule has 0 spiro atoms. The largest absolute Gasteiger partial charge is 0.264 e. The Balaban J connectivity index is 0.960. The third-order valence-electron chi connectivity index (χ3n) is 10.5. The van der Waals surface area contributed by atoms with E-state index in [1.54, 1.807) is 0 Å². The summed E-state index contributed by atoms with van der Waals surface area (Å²) in [4.78, 5) is 19.4. The van der Waals surface area contributed by atoms with Crippen LogP contribution in [0.25, 0.3) is 100 Å². The molecule has 0 amide bonds. The van der Waals surface area contributed by atoms with Gasteiger partial charge >= 0.3 is 0 Å². The summed E-state index contributed by atoms with van der Waals surface area (Å²) >= 11 is 0. The van der Waals surface area contributed by atoms with Gasteiger partial charge in [0.15, 0.2) is 17.5 Å². The second-order valence-corrected chi connectivity index (χ2v) is 13.9. The van der Waals surface area contributed by atoms with Gasteiger partial charge in [-0.3, -0.25) is 4.98 Å². The van der Waals surface area contributed by atoms with E-state index < -0.39 is 0 Å². The van der Waals surface area contributed by atoms with E-state index in [0.29, 0.717) is 17.5 Å². The van der Waals surface area contributed by atoms with Crippen molar-refractivity contribution in [2.75, 3.05) is 0 Å². The minimum Gasteiger partial charge on any atom is -0.264 e. The van der Waals surface area contributed by atoms with Crippen LogP contribution in [0.5, 0.6) is 0 Å². The Kier molecular flexibility index (Phi) is 8.47. The first-order valence-corrected chi connectivity index (χ1v) is 18.8. The SMILES string of the molecule is c1ccc(-c2ccc(-c3nc(-c4ccc(-c5ccccc5)cc4)nc(-c4ccc(-c5ccc(-c6ccc7c(ccc8ccncc87)c6)cc5)cc4)n3)cc2)cc1. The van der Waals surface area contributed by atoms with Gasteiger partial charge in [-0.25, -0.2) is 15.0 Å². The van der Waals surface area contributed by atoms with Gasteiger partial charge in [0.25, 0.3) is 0 Å². The molecule has 4 heteroatoms. The minimum absolute atomic E-state index is 0.631. The minimum atomic E-state index is 0.631. The number of rotatable bonds is 7. The summed E-state index contributed by atoms with van der Waals surface area (Å²) in [6.07, 6.45) is 3.79. The smallest absolute Gasteiger partial charge is 0.164 e. The highest BCUT2D eigenvalue weighted by Crippen LogP contribution is 2.33. The number of fused-ring (bicyclic) bond motifs is 3. The van der Waals surface area contributed by atoms with Crippen molar-refractivity contribution in [1.82, 2.24) is 19.9 Å². The van der Waals surface area contributed by atoms with Gasteiger partial charge in [0.2, 0.25) is 0 Å². The van der Waals surface area contributed by atoms with E-state index in [9.17, 15) is 0 Å². The van der Waals surface area contributed by atoms with Crippen LogP contribution in [0.1, 0.15) is 0 Å². The van der Waals surface area contributed by atoms with Crippen molar-refractivity contribution < 1.29 is 0 Å². The quantitative estimate of drug-likeness (QED) is 0.154.